The van der Waals surface area contributed by atoms with E-state index in [0.717, 1.165) is 17.8 Å². The fourth-order valence-corrected chi connectivity index (χ4v) is 2.68. The highest BCUT2D eigenvalue weighted by Gasteiger charge is 2.51. The molecule has 2 heteroatoms. The van der Waals surface area contributed by atoms with Crippen LogP contribution in [0.15, 0.2) is 0 Å². The lowest BCUT2D eigenvalue weighted by atomic mass is 10.3. The van der Waals surface area contributed by atoms with Crippen molar-refractivity contribution in [1.29, 1.82) is 0 Å². The Hall–Kier alpha value is 0.690. The fraction of sp³-hybridized carbons (Fsp3) is 1.00. The molecule has 1 nitrogen and oxygen atoms in total. The predicted octanol–water partition coefficient (Wildman–Crippen LogP) is 1.53. The van der Waals surface area contributed by atoms with E-state index < -0.39 is 0 Å². The zero-order chi connectivity index (χ0) is 5.72. The first-order chi connectivity index (χ1) is 3.79. The molecule has 0 bridgehead atoms. The lowest BCUT2D eigenvalue weighted by Gasteiger charge is -2.06. The maximum absolute atomic E-state index is 2.42. The number of halogens is 1. The third-order valence-electron chi connectivity index (χ3n) is 2.58. The Labute approximate surface area is 63.9 Å². The minimum absolute atomic E-state index is 1.06. The van der Waals surface area contributed by atoms with Crippen LogP contribution in [0.5, 0.6) is 0 Å². The first kappa shape index (κ1) is 5.47. The van der Waals surface area contributed by atoms with Crippen LogP contribution in [-0.4, -0.2) is 16.2 Å². The molecule has 0 aromatic carbocycles. The van der Waals surface area contributed by atoms with Gasteiger partial charge in [0.05, 0.1) is 0 Å². The third-order valence-corrected chi connectivity index (χ3v) is 3.37. The summed E-state index contributed by atoms with van der Waals surface area (Å²) >= 11 is 2.42. The summed E-state index contributed by atoms with van der Waals surface area (Å²) in [6, 6.07) is 0. The largest absolute Gasteiger partial charge is 0.247 e. The van der Waals surface area contributed by atoms with Crippen LogP contribution < -0.4 is 0 Å². The summed E-state index contributed by atoms with van der Waals surface area (Å²) in [5.41, 5.74) is 0. The topological polar surface area (TPSA) is 3.24 Å². The van der Waals surface area contributed by atoms with Crippen LogP contribution in [0.4, 0.5) is 0 Å². The molecule has 2 rings (SSSR count). The van der Waals surface area contributed by atoms with Gasteiger partial charge in [0.1, 0.15) is 0 Å². The Morgan fingerprint density at radius 3 is 2.25 bits per heavy atom. The molecule has 0 amide bonds. The number of fused-ring (bicyclic) bond motifs is 1. The number of piperidine rings is 1. The first-order valence-electron chi connectivity index (χ1n) is 3.20. The van der Waals surface area contributed by atoms with Crippen molar-refractivity contribution in [3.05, 3.63) is 0 Å². The molecule has 1 aliphatic carbocycles. The summed E-state index contributed by atoms with van der Waals surface area (Å²) < 4.78 is 2.41. The van der Waals surface area contributed by atoms with Gasteiger partial charge in [-0.05, 0) is 17.8 Å². The molecule has 0 spiro atoms. The van der Waals surface area contributed by atoms with E-state index in [1.165, 1.54) is 13.1 Å². The van der Waals surface area contributed by atoms with Crippen LogP contribution >= 0.6 is 22.9 Å². The van der Waals surface area contributed by atoms with Gasteiger partial charge in [-0.2, -0.15) is 0 Å². The Morgan fingerprint density at radius 1 is 1.38 bits per heavy atom. The van der Waals surface area contributed by atoms with Gasteiger partial charge in [0, 0.05) is 36.0 Å². The highest BCUT2D eigenvalue weighted by atomic mass is 127. The monoisotopic (exact) mass is 223 g/mol. The standard InChI is InChI=1S/C6H10IN/c1-4-5-2-8(7)3-6(4)5/h4-6H,2-3H2,1H3/t4?,5-,6+. The zero-order valence-electron chi connectivity index (χ0n) is 4.97. The van der Waals surface area contributed by atoms with Gasteiger partial charge in [0.15, 0.2) is 0 Å². The molecule has 0 aromatic heterocycles. The Morgan fingerprint density at radius 2 is 1.88 bits per heavy atom. The molecular weight excluding hydrogens is 213 g/mol. The summed E-state index contributed by atoms with van der Waals surface area (Å²) in [7, 11) is 0. The molecule has 0 radical (unpaired) electrons. The second-order valence-electron chi connectivity index (χ2n) is 3.01. The number of hydrogen-bond donors (Lipinski definition) is 0. The number of rotatable bonds is 0. The summed E-state index contributed by atoms with van der Waals surface area (Å²) in [5.74, 6) is 3.21. The van der Waals surface area contributed by atoms with E-state index >= 15 is 0 Å². The van der Waals surface area contributed by atoms with Gasteiger partial charge in [0.2, 0.25) is 0 Å². The van der Waals surface area contributed by atoms with Gasteiger partial charge in [-0.15, -0.1) is 0 Å². The van der Waals surface area contributed by atoms with Gasteiger partial charge in [-0.3, -0.25) is 0 Å². The smallest absolute Gasteiger partial charge is 0.0201 e. The highest BCUT2D eigenvalue weighted by Crippen LogP contribution is 2.51. The van der Waals surface area contributed by atoms with Gasteiger partial charge < -0.3 is 0 Å². The normalized spacial score (nSPS) is 54.0. The van der Waals surface area contributed by atoms with Crippen molar-refractivity contribution >= 4 is 22.9 Å². The van der Waals surface area contributed by atoms with Gasteiger partial charge in [-0.1, -0.05) is 6.92 Å². The average Bonchev–Trinajstić information content (AvgIpc) is 2.29. The van der Waals surface area contributed by atoms with Crippen LogP contribution in [0.1, 0.15) is 6.92 Å². The lowest BCUT2D eigenvalue weighted by molar-refractivity contribution is 0.508. The van der Waals surface area contributed by atoms with E-state index in [0.29, 0.717) is 0 Å². The van der Waals surface area contributed by atoms with Gasteiger partial charge in [-0.25, -0.2) is 3.11 Å². The molecule has 1 unspecified atom stereocenters. The summed E-state index contributed by atoms with van der Waals surface area (Å²) in [4.78, 5) is 0. The highest BCUT2D eigenvalue weighted by molar-refractivity contribution is 14.1. The second-order valence-corrected chi connectivity index (χ2v) is 4.38. The van der Waals surface area contributed by atoms with Crippen molar-refractivity contribution in [2.45, 2.75) is 6.92 Å². The van der Waals surface area contributed by atoms with E-state index in [9.17, 15) is 0 Å². The molecule has 2 fully saturated rings. The molecule has 0 N–H and O–H groups in total. The molecule has 0 aromatic rings. The lowest BCUT2D eigenvalue weighted by Crippen LogP contribution is -2.10. The first-order valence-corrected chi connectivity index (χ1v) is 4.16. The van der Waals surface area contributed by atoms with Crippen LogP contribution in [0, 0.1) is 17.8 Å². The fourth-order valence-electron chi connectivity index (χ4n) is 1.77. The Balaban J connectivity index is 2.00. The van der Waals surface area contributed by atoms with Crippen molar-refractivity contribution in [3.63, 3.8) is 0 Å². The van der Waals surface area contributed by atoms with Crippen LogP contribution in [-0.2, 0) is 0 Å². The quantitative estimate of drug-likeness (QED) is 0.444. The minimum atomic E-state index is 1.06. The van der Waals surface area contributed by atoms with Crippen molar-refractivity contribution in [3.8, 4) is 0 Å². The second kappa shape index (κ2) is 1.59. The van der Waals surface area contributed by atoms with Crippen molar-refractivity contribution in [1.82, 2.24) is 3.11 Å². The molecule has 1 aliphatic heterocycles. The molecule has 2 aliphatic rings. The van der Waals surface area contributed by atoms with E-state index in [1.807, 2.05) is 0 Å². The summed E-state index contributed by atoms with van der Waals surface area (Å²) in [5, 5.41) is 0. The SMILES string of the molecule is CC1[C@H]2CN(I)C[C@@H]12. The maximum Gasteiger partial charge on any atom is 0.0201 e. The molecule has 1 saturated heterocycles. The molecule has 1 saturated carbocycles. The molecule has 3 atom stereocenters. The van der Waals surface area contributed by atoms with E-state index in [2.05, 4.69) is 32.9 Å². The molecule has 46 valence electrons. The van der Waals surface area contributed by atoms with Crippen LogP contribution in [0.2, 0.25) is 0 Å². The average molecular weight is 223 g/mol. The summed E-state index contributed by atoms with van der Waals surface area (Å²) in [6.07, 6.45) is 0. The van der Waals surface area contributed by atoms with Gasteiger partial charge >= 0.3 is 0 Å². The minimum Gasteiger partial charge on any atom is -0.247 e. The predicted molar refractivity (Wildman–Crippen MR) is 41.7 cm³/mol. The summed E-state index contributed by atoms with van der Waals surface area (Å²) in [6.45, 7) is 5.08. The Kier molecular flexibility index (Phi) is 1.09. The van der Waals surface area contributed by atoms with Crippen molar-refractivity contribution < 1.29 is 0 Å². The number of nitrogens with zero attached hydrogens (tertiary/aromatic N) is 1. The van der Waals surface area contributed by atoms with Crippen molar-refractivity contribution in [2.24, 2.45) is 17.8 Å². The maximum atomic E-state index is 2.42. The van der Waals surface area contributed by atoms with E-state index in [4.69, 9.17) is 0 Å². The zero-order valence-corrected chi connectivity index (χ0v) is 7.13. The molecular formula is C6H10IN. The third kappa shape index (κ3) is 0.620. The van der Waals surface area contributed by atoms with Crippen LogP contribution in [0.3, 0.4) is 0 Å². The van der Waals surface area contributed by atoms with Crippen molar-refractivity contribution in [2.75, 3.05) is 13.1 Å². The van der Waals surface area contributed by atoms with E-state index in [1.54, 1.807) is 0 Å². The van der Waals surface area contributed by atoms with Crippen LogP contribution in [0.25, 0.3) is 0 Å². The molecule has 1 heterocycles. The van der Waals surface area contributed by atoms with Gasteiger partial charge in [0.25, 0.3) is 0 Å². The Bertz CT molecular complexity index is 103. The number of hydrogen-bond acceptors (Lipinski definition) is 1. The molecule has 8 heavy (non-hydrogen) atoms. The van der Waals surface area contributed by atoms with E-state index in [-0.39, 0.29) is 0 Å².